The summed E-state index contributed by atoms with van der Waals surface area (Å²) in [6.45, 7) is 2.45. The van der Waals surface area contributed by atoms with Gasteiger partial charge in [-0.2, -0.15) is 5.10 Å². The van der Waals surface area contributed by atoms with E-state index in [4.69, 9.17) is 17.3 Å². The fourth-order valence-electron chi connectivity index (χ4n) is 3.99. The average Bonchev–Trinajstić information content (AvgIpc) is 3.26. The third-order valence-corrected chi connectivity index (χ3v) is 7.16. The molecule has 1 aromatic carbocycles. The number of halogens is 1. The summed E-state index contributed by atoms with van der Waals surface area (Å²) in [5.41, 5.74) is 6.53. The van der Waals surface area contributed by atoms with Crippen LogP contribution in [0.5, 0.6) is 0 Å². The Kier molecular flexibility index (Phi) is 5.36. The van der Waals surface area contributed by atoms with Crippen LogP contribution in [0.1, 0.15) is 53.0 Å². The monoisotopic (exact) mass is 430 g/mol. The molecule has 0 aliphatic heterocycles. The molecule has 8 heteroatoms. The standard InChI is InChI=1S/C21H23ClN4O2S/c1-13-15-11-17(18(27)24-21(20(23)28)9-5-2-6-10-21)29-19(15)26(25-13)12-14-7-3-4-8-16(14)22/h3-4,7-8,11H,2,5-6,9-10,12H2,1H3,(H2,23,28)(H,24,27). The highest BCUT2D eigenvalue weighted by molar-refractivity contribution is 7.20. The molecular weight excluding hydrogens is 408 g/mol. The molecule has 1 fully saturated rings. The molecule has 1 aliphatic rings. The molecular formula is C21H23ClN4O2S. The lowest BCUT2D eigenvalue weighted by molar-refractivity contribution is -0.125. The van der Waals surface area contributed by atoms with Crippen molar-refractivity contribution in [2.45, 2.75) is 51.1 Å². The van der Waals surface area contributed by atoms with Crippen LogP contribution in [-0.2, 0) is 11.3 Å². The van der Waals surface area contributed by atoms with Crippen molar-refractivity contribution in [3.8, 4) is 0 Å². The number of carbonyl (C=O) groups is 2. The van der Waals surface area contributed by atoms with Gasteiger partial charge in [-0.05, 0) is 37.5 Å². The van der Waals surface area contributed by atoms with Gasteiger partial charge < -0.3 is 11.1 Å². The normalized spacial score (nSPS) is 16.1. The van der Waals surface area contributed by atoms with Gasteiger partial charge in [0.25, 0.3) is 5.91 Å². The molecule has 3 N–H and O–H groups in total. The van der Waals surface area contributed by atoms with Gasteiger partial charge in [-0.1, -0.05) is 49.1 Å². The van der Waals surface area contributed by atoms with Crippen molar-refractivity contribution in [2.24, 2.45) is 5.73 Å². The predicted octanol–water partition coefficient (Wildman–Crippen LogP) is 4.03. The molecule has 0 unspecified atom stereocenters. The Labute approximate surface area is 178 Å². The molecule has 0 spiro atoms. The minimum atomic E-state index is -0.940. The first kappa shape index (κ1) is 19.9. The second-order valence-corrected chi connectivity index (χ2v) is 9.06. The number of aromatic nitrogens is 2. The summed E-state index contributed by atoms with van der Waals surface area (Å²) >= 11 is 7.67. The Morgan fingerprint density at radius 2 is 2.00 bits per heavy atom. The van der Waals surface area contributed by atoms with Gasteiger partial charge in [-0.15, -0.1) is 11.3 Å². The number of benzene rings is 1. The molecule has 6 nitrogen and oxygen atoms in total. The highest BCUT2D eigenvalue weighted by atomic mass is 35.5. The number of nitrogens with two attached hydrogens (primary N) is 1. The van der Waals surface area contributed by atoms with Gasteiger partial charge in [0.15, 0.2) is 0 Å². The largest absolute Gasteiger partial charge is 0.368 e. The molecule has 1 aliphatic carbocycles. The Morgan fingerprint density at radius 1 is 1.28 bits per heavy atom. The van der Waals surface area contributed by atoms with Gasteiger partial charge in [-0.25, -0.2) is 0 Å². The van der Waals surface area contributed by atoms with Crippen molar-refractivity contribution < 1.29 is 9.59 Å². The average molecular weight is 431 g/mol. The maximum atomic E-state index is 13.0. The lowest BCUT2D eigenvalue weighted by Crippen LogP contribution is -2.58. The van der Waals surface area contributed by atoms with Gasteiger partial charge in [0.1, 0.15) is 10.4 Å². The molecule has 0 radical (unpaired) electrons. The second kappa shape index (κ2) is 7.80. The van der Waals surface area contributed by atoms with Crippen LogP contribution in [0.4, 0.5) is 0 Å². The first-order valence-electron chi connectivity index (χ1n) is 9.72. The van der Waals surface area contributed by atoms with E-state index < -0.39 is 11.4 Å². The van der Waals surface area contributed by atoms with Gasteiger partial charge in [0, 0.05) is 10.4 Å². The van der Waals surface area contributed by atoms with E-state index in [0.29, 0.717) is 29.3 Å². The van der Waals surface area contributed by atoms with Gasteiger partial charge in [0.05, 0.1) is 17.1 Å². The topological polar surface area (TPSA) is 90.0 Å². The minimum Gasteiger partial charge on any atom is -0.368 e. The number of hydrogen-bond donors (Lipinski definition) is 2. The molecule has 152 valence electrons. The second-order valence-electron chi connectivity index (χ2n) is 7.63. The molecule has 4 rings (SSSR count). The van der Waals surface area contributed by atoms with Gasteiger partial charge >= 0.3 is 0 Å². The molecule has 0 atom stereocenters. The summed E-state index contributed by atoms with van der Waals surface area (Å²) in [4.78, 5) is 26.5. The van der Waals surface area contributed by atoms with Crippen LogP contribution in [-0.4, -0.2) is 27.1 Å². The van der Waals surface area contributed by atoms with E-state index in [1.165, 1.54) is 11.3 Å². The van der Waals surface area contributed by atoms with Crippen LogP contribution in [0, 0.1) is 6.92 Å². The number of rotatable bonds is 5. The summed E-state index contributed by atoms with van der Waals surface area (Å²) in [5.74, 6) is -0.705. The zero-order chi connectivity index (χ0) is 20.6. The van der Waals surface area contributed by atoms with Crippen molar-refractivity contribution in [2.75, 3.05) is 0 Å². The number of primary amides is 1. The number of thiophene rings is 1. The maximum Gasteiger partial charge on any atom is 0.262 e. The number of carbonyl (C=O) groups excluding carboxylic acids is 2. The van der Waals surface area contributed by atoms with Crippen molar-refractivity contribution >= 4 is 45.0 Å². The Hall–Kier alpha value is -2.38. The fraction of sp³-hybridized carbons (Fsp3) is 0.381. The van der Waals surface area contributed by atoms with Crippen LogP contribution in [0.2, 0.25) is 5.02 Å². The van der Waals surface area contributed by atoms with Gasteiger partial charge in [-0.3, -0.25) is 14.3 Å². The highest BCUT2D eigenvalue weighted by Gasteiger charge is 2.39. The number of aryl methyl sites for hydroxylation is 1. The maximum absolute atomic E-state index is 13.0. The first-order chi connectivity index (χ1) is 13.9. The van der Waals surface area contributed by atoms with Crippen LogP contribution in [0.3, 0.4) is 0 Å². The molecule has 29 heavy (non-hydrogen) atoms. The van der Waals surface area contributed by atoms with Crippen molar-refractivity contribution in [1.82, 2.24) is 15.1 Å². The lowest BCUT2D eigenvalue weighted by Gasteiger charge is -2.34. The molecule has 3 aromatic rings. The van der Waals surface area contributed by atoms with E-state index in [9.17, 15) is 9.59 Å². The van der Waals surface area contributed by atoms with E-state index >= 15 is 0 Å². The number of hydrogen-bond acceptors (Lipinski definition) is 4. The summed E-state index contributed by atoms with van der Waals surface area (Å²) in [5, 5.41) is 9.17. The predicted molar refractivity (Wildman–Crippen MR) is 115 cm³/mol. The van der Waals surface area contributed by atoms with Crippen molar-refractivity contribution in [1.29, 1.82) is 0 Å². The number of nitrogens with zero attached hydrogens (tertiary/aromatic N) is 2. The van der Waals surface area contributed by atoms with Crippen molar-refractivity contribution in [3.05, 3.63) is 51.5 Å². The van der Waals surface area contributed by atoms with Crippen molar-refractivity contribution in [3.63, 3.8) is 0 Å². The van der Waals surface area contributed by atoms with E-state index in [2.05, 4.69) is 10.4 Å². The van der Waals surface area contributed by atoms with E-state index in [-0.39, 0.29) is 5.91 Å². The SMILES string of the molecule is Cc1nn(Cc2ccccc2Cl)c2sc(C(=O)NC3(C(N)=O)CCCCC3)cc12. The fourth-order valence-corrected chi connectivity index (χ4v) is 5.24. The van der Waals surface area contributed by atoms with Crippen LogP contribution < -0.4 is 11.1 Å². The van der Waals surface area contributed by atoms with Gasteiger partial charge in [0.2, 0.25) is 5.91 Å². The number of fused-ring (bicyclic) bond motifs is 1. The quantitative estimate of drug-likeness (QED) is 0.640. The first-order valence-corrected chi connectivity index (χ1v) is 10.9. The Bertz CT molecular complexity index is 1080. The molecule has 2 heterocycles. The summed E-state index contributed by atoms with van der Waals surface area (Å²) in [6.07, 6.45) is 4.03. The summed E-state index contributed by atoms with van der Waals surface area (Å²) < 4.78 is 1.87. The molecule has 2 aromatic heterocycles. The molecule has 1 saturated carbocycles. The zero-order valence-electron chi connectivity index (χ0n) is 16.2. The van der Waals surface area contributed by atoms with E-state index in [1.54, 1.807) is 0 Å². The summed E-state index contributed by atoms with van der Waals surface area (Å²) in [7, 11) is 0. The third-order valence-electron chi connectivity index (χ3n) is 5.64. The molecule has 0 saturated heterocycles. The Morgan fingerprint density at radius 3 is 2.69 bits per heavy atom. The van der Waals surface area contributed by atoms with Crippen LogP contribution in [0.15, 0.2) is 30.3 Å². The van der Waals surface area contributed by atoms with E-state index in [1.807, 2.05) is 41.9 Å². The third kappa shape index (κ3) is 3.76. The van der Waals surface area contributed by atoms with Crippen LogP contribution >= 0.6 is 22.9 Å². The number of amides is 2. The molecule has 2 amide bonds. The van der Waals surface area contributed by atoms with E-state index in [0.717, 1.165) is 40.7 Å². The lowest BCUT2D eigenvalue weighted by atomic mass is 9.81. The zero-order valence-corrected chi connectivity index (χ0v) is 17.8. The summed E-state index contributed by atoms with van der Waals surface area (Å²) in [6, 6.07) is 9.49. The Balaban J connectivity index is 1.63. The molecule has 0 bridgehead atoms. The smallest absolute Gasteiger partial charge is 0.262 e. The van der Waals surface area contributed by atoms with Crippen LogP contribution in [0.25, 0.3) is 10.2 Å². The minimum absolute atomic E-state index is 0.254. The highest BCUT2D eigenvalue weighted by Crippen LogP contribution is 2.32. The number of nitrogens with one attached hydrogen (secondary N) is 1.